The first kappa shape index (κ1) is 28.4. The summed E-state index contributed by atoms with van der Waals surface area (Å²) in [6.07, 6.45) is 17.9. The van der Waals surface area contributed by atoms with Crippen LogP contribution in [0.2, 0.25) is 0 Å². The third kappa shape index (κ3) is 34.8. The van der Waals surface area contributed by atoms with Crippen molar-refractivity contribution in [1.82, 2.24) is 0 Å². The summed E-state index contributed by atoms with van der Waals surface area (Å²) >= 11 is 0. The molecular formula is C26H4O2V. The van der Waals surface area contributed by atoms with Crippen LogP contribution < -0.4 is 0 Å². The van der Waals surface area contributed by atoms with Crippen LogP contribution in [-0.4, -0.2) is 6.47 Å². The second-order valence-electron chi connectivity index (χ2n) is 3.03. The van der Waals surface area contributed by atoms with Crippen molar-refractivity contribution in [2.75, 3.05) is 0 Å². The fourth-order valence-corrected chi connectivity index (χ4v) is 0.642. The average Bonchev–Trinajstić information content (AvgIpc) is 2.71. The second-order valence-corrected chi connectivity index (χ2v) is 3.03. The summed E-state index contributed by atoms with van der Waals surface area (Å²) in [5.74, 6) is 47.4. The molecule has 2 nitrogen and oxygen atoms in total. The first-order chi connectivity index (χ1) is 13.8. The summed E-state index contributed by atoms with van der Waals surface area (Å²) in [4.78, 5) is 9.30. The summed E-state index contributed by atoms with van der Waals surface area (Å²) in [6.45, 7) is 1.10. The Hall–Kier alpha value is -5.36. The monoisotopic (exact) mass is 399 g/mol. The molecule has 0 aliphatic heterocycles. The molecule has 125 valence electrons. The first-order valence-electron chi connectivity index (χ1n) is 6.56. The summed E-state index contributed by atoms with van der Waals surface area (Å²) < 4.78 is 3.84. The van der Waals surface area contributed by atoms with Gasteiger partial charge >= 0.3 is 18.6 Å². The molecule has 3 heteroatoms. The molecule has 0 rings (SSSR count). The third-order valence-electron chi connectivity index (χ3n) is 1.40. The van der Waals surface area contributed by atoms with Crippen molar-refractivity contribution in [2.24, 2.45) is 0 Å². The van der Waals surface area contributed by atoms with Gasteiger partial charge in [-0.3, -0.25) is 0 Å². The van der Waals surface area contributed by atoms with Gasteiger partial charge in [-0.15, -0.1) is 25.4 Å². The van der Waals surface area contributed by atoms with Crippen molar-refractivity contribution < 1.29 is 28.1 Å². The zero-order chi connectivity index (χ0) is 21.0. The zero-order valence-corrected chi connectivity index (χ0v) is 16.0. The molecule has 0 amide bonds. The number of terminal acetylenes is 3. The van der Waals surface area contributed by atoms with Crippen molar-refractivity contribution in [3.8, 4) is 144 Å². The smallest absolute Gasteiger partial charge is 0.573 e. The number of rotatable bonds is 1. The molecular weight excluding hydrogens is 395 g/mol. The Kier molecular flexibility index (Phi) is 29.9. The van der Waals surface area contributed by atoms with E-state index in [2.05, 4.69) is 117 Å². The minimum Gasteiger partial charge on any atom is -0.573 e. The van der Waals surface area contributed by atoms with Crippen LogP contribution in [0.15, 0.2) is 0 Å². The standard InChI is InChI=1S/C19H3.C7HO2.V/c1-3-5-7-9-11-13-15-17-19-18-16-14-12-10-8-6-4-2;1-2-3-4-5-6-9-7-8;/h1-2,17H;1H;/q2*-1;+2. The minimum absolute atomic E-state index is 0. The van der Waals surface area contributed by atoms with E-state index < -0.39 is 0 Å². The molecule has 0 atom stereocenters. The second kappa shape index (κ2) is 30.5. The number of hydrogen-bond donors (Lipinski definition) is 0. The maximum Gasteiger partial charge on any atom is 2.00 e. The summed E-state index contributed by atoms with van der Waals surface area (Å²) in [7, 11) is 0. The normalized spacial score (nSPS) is 3.90. The van der Waals surface area contributed by atoms with Crippen LogP contribution in [0, 0.1) is 150 Å². The molecule has 0 spiro atoms. The molecule has 0 aliphatic rings. The van der Waals surface area contributed by atoms with Crippen molar-refractivity contribution in [3.63, 3.8) is 0 Å². The van der Waals surface area contributed by atoms with Crippen molar-refractivity contribution in [2.45, 2.75) is 0 Å². The maximum atomic E-state index is 9.30. The van der Waals surface area contributed by atoms with E-state index in [0.29, 0.717) is 0 Å². The van der Waals surface area contributed by atoms with Crippen LogP contribution in [0.25, 0.3) is 0 Å². The van der Waals surface area contributed by atoms with Gasteiger partial charge in [-0.05, 0) is 77.0 Å². The Morgan fingerprint density at radius 2 is 0.897 bits per heavy atom. The Balaban J connectivity index is -0.000000572. The molecule has 0 aromatic carbocycles. The van der Waals surface area contributed by atoms with Crippen LogP contribution in [0.3, 0.4) is 0 Å². The van der Waals surface area contributed by atoms with Gasteiger partial charge in [0.05, 0.1) is 0 Å². The van der Waals surface area contributed by atoms with Crippen LogP contribution in [0.5, 0.6) is 0 Å². The van der Waals surface area contributed by atoms with Gasteiger partial charge in [0.25, 0.3) is 0 Å². The first-order valence-corrected chi connectivity index (χ1v) is 6.56. The fourth-order valence-electron chi connectivity index (χ4n) is 0.642. The molecule has 0 N–H and O–H groups in total. The van der Waals surface area contributed by atoms with Gasteiger partial charge < -0.3 is 9.53 Å². The van der Waals surface area contributed by atoms with Crippen LogP contribution in [0.4, 0.5) is 0 Å². The van der Waals surface area contributed by atoms with E-state index in [4.69, 9.17) is 19.3 Å². The molecule has 0 saturated carbocycles. The third-order valence-corrected chi connectivity index (χ3v) is 1.40. The van der Waals surface area contributed by atoms with Gasteiger partial charge in [-0.2, -0.15) is 23.7 Å². The Labute approximate surface area is 184 Å². The molecule has 0 fully saturated rings. The summed E-state index contributed by atoms with van der Waals surface area (Å²) in [5.41, 5.74) is 0. The number of ether oxygens (including phenoxy) is 1. The van der Waals surface area contributed by atoms with E-state index in [1.165, 1.54) is 6.42 Å². The largest absolute Gasteiger partial charge is 2.00 e. The molecule has 29 heavy (non-hydrogen) atoms. The molecule has 0 heterocycles. The number of carbonyl (C=O) groups excluding carboxylic acids is 1. The minimum atomic E-state index is 0. The Morgan fingerprint density at radius 3 is 1.28 bits per heavy atom. The van der Waals surface area contributed by atoms with Crippen molar-refractivity contribution >= 4 is 6.47 Å². The predicted octanol–water partition coefficient (Wildman–Crippen LogP) is 0.146. The molecule has 0 saturated heterocycles. The molecule has 0 aromatic rings. The van der Waals surface area contributed by atoms with Crippen LogP contribution in [0.1, 0.15) is 0 Å². The Bertz CT molecular complexity index is 1250. The average molecular weight is 399 g/mol. The van der Waals surface area contributed by atoms with E-state index in [-0.39, 0.29) is 18.6 Å². The molecule has 0 bridgehead atoms. The summed E-state index contributed by atoms with van der Waals surface area (Å²) in [6, 6.07) is 0. The van der Waals surface area contributed by atoms with Gasteiger partial charge in [-0.1, -0.05) is 24.2 Å². The molecule has 0 aliphatic carbocycles. The van der Waals surface area contributed by atoms with Crippen molar-refractivity contribution in [1.29, 1.82) is 0 Å². The van der Waals surface area contributed by atoms with Crippen molar-refractivity contribution in [3.05, 3.63) is 6.42 Å². The molecule has 0 aromatic heterocycles. The summed E-state index contributed by atoms with van der Waals surface area (Å²) in [5, 5.41) is 0. The van der Waals surface area contributed by atoms with E-state index in [1.807, 2.05) is 12.0 Å². The van der Waals surface area contributed by atoms with Gasteiger partial charge in [-0.25, -0.2) is 0 Å². The van der Waals surface area contributed by atoms with E-state index in [1.54, 1.807) is 0 Å². The fraction of sp³-hybridized carbons (Fsp3) is 0. The topological polar surface area (TPSA) is 26.3 Å². The van der Waals surface area contributed by atoms with Crippen LogP contribution in [-0.2, 0) is 28.1 Å². The maximum absolute atomic E-state index is 9.30. The number of hydrogen-bond acceptors (Lipinski definition) is 2. The van der Waals surface area contributed by atoms with E-state index >= 15 is 0 Å². The van der Waals surface area contributed by atoms with E-state index in [9.17, 15) is 4.79 Å². The van der Waals surface area contributed by atoms with Gasteiger partial charge in [0.15, 0.2) is 6.47 Å². The van der Waals surface area contributed by atoms with E-state index in [0.717, 1.165) is 6.47 Å². The molecule has 0 unspecified atom stereocenters. The molecule has 1 radical (unpaired) electrons. The predicted molar refractivity (Wildman–Crippen MR) is 108 cm³/mol. The SMILES string of the molecule is C#CC#CC#CC#CC#C[CH-]C#CC#CC#CC#C.C#CC#CC#CO[C-]=O.[V+2]. The van der Waals surface area contributed by atoms with Crippen LogP contribution >= 0.6 is 0 Å². The Morgan fingerprint density at radius 1 is 0.552 bits per heavy atom. The zero-order valence-electron chi connectivity index (χ0n) is 14.6. The quantitative estimate of drug-likeness (QED) is 0.464. The van der Waals surface area contributed by atoms with Gasteiger partial charge in [0.2, 0.25) is 0 Å². The van der Waals surface area contributed by atoms with Gasteiger partial charge in [0.1, 0.15) is 0 Å². The van der Waals surface area contributed by atoms with Gasteiger partial charge in [0, 0.05) is 0 Å².